The largest absolute Gasteiger partial charge is 0.298 e. The topological polar surface area (TPSA) is 17.1 Å². The lowest BCUT2D eigenvalue weighted by atomic mass is 10.0. The predicted octanol–water partition coefficient (Wildman–Crippen LogP) is 3.83. The Morgan fingerprint density at radius 2 is 2.13 bits per heavy atom. The number of halogens is 2. The Kier molecular flexibility index (Phi) is 4.21. The molecule has 0 bridgehead atoms. The molecule has 1 aromatic carbocycles. The lowest BCUT2D eigenvalue weighted by molar-refractivity contribution is -0.105. The summed E-state index contributed by atoms with van der Waals surface area (Å²) in [5.41, 5.74) is 1.52. The fourth-order valence-corrected chi connectivity index (χ4v) is 1.53. The van der Waals surface area contributed by atoms with Crippen LogP contribution in [0.2, 0.25) is 0 Å². The Bertz CT molecular complexity index is 397. The summed E-state index contributed by atoms with van der Waals surface area (Å²) in [5.74, 6) is -0.129. The molecule has 0 aliphatic heterocycles. The van der Waals surface area contributed by atoms with Crippen LogP contribution in [-0.2, 0) is 4.79 Å². The molecule has 15 heavy (non-hydrogen) atoms. The molecule has 0 N–H and O–H groups in total. The van der Waals surface area contributed by atoms with Crippen LogP contribution in [0.1, 0.15) is 19.4 Å². The van der Waals surface area contributed by atoms with E-state index in [1.54, 1.807) is 18.2 Å². The van der Waals surface area contributed by atoms with Crippen molar-refractivity contribution in [2.45, 2.75) is 13.8 Å². The van der Waals surface area contributed by atoms with E-state index in [0.29, 0.717) is 10.0 Å². The monoisotopic (exact) mass is 270 g/mol. The molecule has 0 saturated heterocycles. The number of hydrogen-bond donors (Lipinski definition) is 0. The van der Waals surface area contributed by atoms with Gasteiger partial charge in [-0.2, -0.15) is 0 Å². The van der Waals surface area contributed by atoms with Gasteiger partial charge in [-0.25, -0.2) is 4.39 Å². The van der Waals surface area contributed by atoms with Crippen molar-refractivity contribution in [1.29, 1.82) is 0 Å². The molecule has 0 fully saturated rings. The zero-order valence-corrected chi connectivity index (χ0v) is 10.2. The zero-order chi connectivity index (χ0) is 11.4. The molecule has 0 aromatic heterocycles. The van der Waals surface area contributed by atoms with Gasteiger partial charge in [-0.3, -0.25) is 4.79 Å². The van der Waals surface area contributed by atoms with Crippen molar-refractivity contribution < 1.29 is 9.18 Å². The number of aldehydes is 1. The summed E-state index contributed by atoms with van der Waals surface area (Å²) in [6, 6.07) is 4.67. The van der Waals surface area contributed by atoms with Gasteiger partial charge in [0, 0.05) is 0 Å². The Morgan fingerprint density at radius 3 is 2.60 bits per heavy atom. The molecule has 0 radical (unpaired) electrons. The van der Waals surface area contributed by atoms with Gasteiger partial charge in [0.1, 0.15) is 12.1 Å². The third kappa shape index (κ3) is 3.27. The highest BCUT2D eigenvalue weighted by molar-refractivity contribution is 9.10. The van der Waals surface area contributed by atoms with E-state index in [9.17, 15) is 9.18 Å². The van der Waals surface area contributed by atoms with Crippen molar-refractivity contribution in [2.24, 2.45) is 5.92 Å². The van der Waals surface area contributed by atoms with E-state index in [1.807, 2.05) is 13.8 Å². The van der Waals surface area contributed by atoms with E-state index in [-0.39, 0.29) is 11.7 Å². The van der Waals surface area contributed by atoms with E-state index in [4.69, 9.17) is 0 Å². The van der Waals surface area contributed by atoms with Gasteiger partial charge in [-0.05, 0) is 51.2 Å². The first kappa shape index (κ1) is 12.1. The van der Waals surface area contributed by atoms with Crippen molar-refractivity contribution in [3.8, 4) is 0 Å². The molecule has 0 atom stereocenters. The molecule has 0 spiro atoms. The van der Waals surface area contributed by atoms with Gasteiger partial charge < -0.3 is 0 Å². The van der Waals surface area contributed by atoms with Crippen LogP contribution in [0.3, 0.4) is 0 Å². The smallest absolute Gasteiger partial charge is 0.146 e. The van der Waals surface area contributed by atoms with Gasteiger partial charge in [0.2, 0.25) is 0 Å². The Morgan fingerprint density at radius 1 is 1.47 bits per heavy atom. The molecule has 1 nitrogen and oxygen atoms in total. The van der Waals surface area contributed by atoms with Crippen LogP contribution in [0.4, 0.5) is 4.39 Å². The summed E-state index contributed by atoms with van der Waals surface area (Å²) in [6.07, 6.45) is 2.60. The van der Waals surface area contributed by atoms with Gasteiger partial charge in [0.25, 0.3) is 0 Å². The number of benzene rings is 1. The third-order valence-corrected chi connectivity index (χ3v) is 2.69. The number of rotatable bonds is 3. The van der Waals surface area contributed by atoms with Gasteiger partial charge in [0.15, 0.2) is 0 Å². The van der Waals surface area contributed by atoms with Crippen molar-refractivity contribution >= 4 is 28.3 Å². The van der Waals surface area contributed by atoms with E-state index < -0.39 is 0 Å². The lowest BCUT2D eigenvalue weighted by Gasteiger charge is -2.04. The summed E-state index contributed by atoms with van der Waals surface area (Å²) < 4.78 is 13.3. The van der Waals surface area contributed by atoms with Gasteiger partial charge in [-0.15, -0.1) is 0 Å². The Balaban J connectivity index is 3.07. The maximum Gasteiger partial charge on any atom is 0.146 e. The maximum atomic E-state index is 12.9. The standard InChI is InChI=1S/C12H12BrFO/c1-8(2)10(7-15)5-9-3-4-12(14)11(13)6-9/h3-8H,1-2H3. The van der Waals surface area contributed by atoms with Gasteiger partial charge >= 0.3 is 0 Å². The molecule has 0 heterocycles. The Labute approximate surface area is 97.1 Å². The summed E-state index contributed by atoms with van der Waals surface area (Å²) in [4.78, 5) is 10.7. The summed E-state index contributed by atoms with van der Waals surface area (Å²) in [5, 5.41) is 0. The van der Waals surface area contributed by atoms with Crippen molar-refractivity contribution in [3.63, 3.8) is 0 Å². The molecule has 0 unspecified atom stereocenters. The van der Waals surface area contributed by atoms with Crippen molar-refractivity contribution in [1.82, 2.24) is 0 Å². The van der Waals surface area contributed by atoms with Crippen LogP contribution in [0.15, 0.2) is 28.2 Å². The van der Waals surface area contributed by atoms with E-state index in [2.05, 4.69) is 15.9 Å². The molecule has 0 aliphatic rings. The second-order valence-electron chi connectivity index (χ2n) is 3.59. The van der Waals surface area contributed by atoms with Crippen LogP contribution in [0.5, 0.6) is 0 Å². The van der Waals surface area contributed by atoms with Crippen LogP contribution >= 0.6 is 15.9 Å². The number of carbonyl (C=O) groups is 1. The minimum Gasteiger partial charge on any atom is -0.298 e. The van der Waals surface area contributed by atoms with Gasteiger partial charge in [0.05, 0.1) is 4.47 Å². The first-order valence-electron chi connectivity index (χ1n) is 4.66. The van der Waals surface area contributed by atoms with Crippen molar-refractivity contribution in [2.75, 3.05) is 0 Å². The number of hydrogen-bond acceptors (Lipinski definition) is 1. The molecule has 0 saturated carbocycles. The van der Waals surface area contributed by atoms with Gasteiger partial charge in [-0.1, -0.05) is 19.9 Å². The van der Waals surface area contributed by atoms with E-state index in [0.717, 1.165) is 11.8 Å². The minimum absolute atomic E-state index is 0.173. The number of allylic oxidation sites excluding steroid dienone is 1. The number of carbonyl (C=O) groups excluding carboxylic acids is 1. The normalized spacial score (nSPS) is 11.9. The average molecular weight is 271 g/mol. The van der Waals surface area contributed by atoms with Crippen LogP contribution in [-0.4, -0.2) is 6.29 Å². The lowest BCUT2D eigenvalue weighted by Crippen LogP contribution is -1.94. The van der Waals surface area contributed by atoms with Crippen LogP contribution in [0, 0.1) is 11.7 Å². The average Bonchev–Trinajstić information content (AvgIpc) is 2.19. The molecule has 80 valence electrons. The fraction of sp³-hybridized carbons (Fsp3) is 0.250. The highest BCUT2D eigenvalue weighted by Gasteiger charge is 2.03. The SMILES string of the molecule is CC(C)C(C=O)=Cc1ccc(F)c(Br)c1. The molecule has 1 aromatic rings. The molecule has 0 amide bonds. The van der Waals surface area contributed by atoms with Crippen LogP contribution in [0.25, 0.3) is 6.08 Å². The molecular weight excluding hydrogens is 259 g/mol. The maximum absolute atomic E-state index is 12.9. The predicted molar refractivity (Wildman–Crippen MR) is 63.0 cm³/mol. The molecule has 0 aliphatic carbocycles. The van der Waals surface area contributed by atoms with Crippen molar-refractivity contribution in [3.05, 3.63) is 39.6 Å². The molecular formula is C12H12BrFO. The quantitative estimate of drug-likeness (QED) is 0.603. The second kappa shape index (κ2) is 5.21. The highest BCUT2D eigenvalue weighted by Crippen LogP contribution is 2.19. The summed E-state index contributed by atoms with van der Waals surface area (Å²) in [7, 11) is 0. The Hall–Kier alpha value is -0.960. The van der Waals surface area contributed by atoms with E-state index in [1.165, 1.54) is 6.07 Å². The fourth-order valence-electron chi connectivity index (χ4n) is 1.13. The molecule has 3 heteroatoms. The highest BCUT2D eigenvalue weighted by atomic mass is 79.9. The third-order valence-electron chi connectivity index (χ3n) is 2.08. The first-order valence-corrected chi connectivity index (χ1v) is 5.45. The second-order valence-corrected chi connectivity index (χ2v) is 4.44. The zero-order valence-electron chi connectivity index (χ0n) is 8.63. The molecule has 1 rings (SSSR count). The van der Waals surface area contributed by atoms with Crippen LogP contribution < -0.4 is 0 Å². The summed E-state index contributed by atoms with van der Waals surface area (Å²) >= 11 is 3.10. The van der Waals surface area contributed by atoms with E-state index >= 15 is 0 Å². The summed E-state index contributed by atoms with van der Waals surface area (Å²) in [6.45, 7) is 3.89. The minimum atomic E-state index is -0.302. The first-order chi connectivity index (χ1) is 7.04.